The van der Waals surface area contributed by atoms with Crippen molar-refractivity contribution in [3.63, 3.8) is 0 Å². The van der Waals surface area contributed by atoms with Gasteiger partial charge in [-0.05, 0) is 44.2 Å². The second-order valence-electron chi connectivity index (χ2n) is 5.00. The number of aromatic nitrogens is 1. The molecule has 21 heavy (non-hydrogen) atoms. The Morgan fingerprint density at radius 1 is 1.14 bits per heavy atom. The largest absolute Gasteiger partial charge is 0.321 e. The van der Waals surface area contributed by atoms with Crippen LogP contribution in [0.25, 0.3) is 5.69 Å². The van der Waals surface area contributed by atoms with E-state index in [1.807, 2.05) is 55.4 Å². The van der Waals surface area contributed by atoms with E-state index in [0.717, 1.165) is 22.9 Å². The van der Waals surface area contributed by atoms with Gasteiger partial charge in [0.25, 0.3) is 0 Å². The van der Waals surface area contributed by atoms with E-state index in [0.29, 0.717) is 5.69 Å². The van der Waals surface area contributed by atoms with E-state index in [1.165, 1.54) is 6.07 Å². The summed E-state index contributed by atoms with van der Waals surface area (Å²) in [6, 6.07) is 8.87. The monoisotopic (exact) mass is 281 g/mol. The molecule has 2 aromatic rings. The lowest BCUT2D eigenvalue weighted by Crippen LogP contribution is -2.29. The molecule has 3 rings (SSSR count). The number of allylic oxidation sites excluding steroid dienone is 2. The van der Waals surface area contributed by atoms with Gasteiger partial charge in [0.1, 0.15) is 11.7 Å². The number of hydrogen-bond donors (Lipinski definition) is 0. The van der Waals surface area contributed by atoms with Crippen LogP contribution in [0, 0.1) is 5.82 Å². The summed E-state index contributed by atoms with van der Waals surface area (Å²) in [7, 11) is 0. The highest BCUT2D eigenvalue weighted by Crippen LogP contribution is 2.27. The molecular formula is C17H16FN3. The zero-order valence-corrected chi connectivity index (χ0v) is 12.0. The second-order valence-corrected chi connectivity index (χ2v) is 5.00. The fourth-order valence-electron chi connectivity index (χ4n) is 2.54. The molecule has 106 valence electrons. The number of benzene rings is 1. The molecule has 3 nitrogen and oxygen atoms in total. The average molecular weight is 281 g/mol. The Morgan fingerprint density at radius 2 is 1.86 bits per heavy atom. The van der Waals surface area contributed by atoms with Crippen LogP contribution in [0.4, 0.5) is 10.1 Å². The minimum absolute atomic E-state index is 0.282. The topological polar surface area (TPSA) is 20.5 Å². The highest BCUT2D eigenvalue weighted by Gasteiger charge is 2.18. The van der Waals surface area contributed by atoms with Gasteiger partial charge in [-0.25, -0.2) is 9.38 Å². The first kappa shape index (κ1) is 13.4. The normalized spacial score (nSPS) is 15.0. The van der Waals surface area contributed by atoms with E-state index in [2.05, 4.69) is 11.6 Å². The summed E-state index contributed by atoms with van der Waals surface area (Å²) in [4.78, 5) is 6.25. The molecule has 0 unspecified atom stereocenters. The predicted molar refractivity (Wildman–Crippen MR) is 84.2 cm³/mol. The van der Waals surface area contributed by atoms with E-state index in [4.69, 9.17) is 0 Å². The van der Waals surface area contributed by atoms with E-state index in [-0.39, 0.29) is 5.82 Å². The number of amidine groups is 1. The maximum Gasteiger partial charge on any atom is 0.149 e. The zero-order chi connectivity index (χ0) is 15.0. The van der Waals surface area contributed by atoms with E-state index in [9.17, 15) is 4.39 Å². The summed E-state index contributed by atoms with van der Waals surface area (Å²) in [5.41, 5.74) is 2.93. The Morgan fingerprint density at radius 3 is 2.48 bits per heavy atom. The summed E-state index contributed by atoms with van der Waals surface area (Å²) in [5, 5.41) is 0. The molecule has 0 saturated heterocycles. The number of hydrogen-bond acceptors (Lipinski definition) is 2. The predicted octanol–water partition coefficient (Wildman–Crippen LogP) is 4.27. The van der Waals surface area contributed by atoms with Gasteiger partial charge in [0.15, 0.2) is 0 Å². The molecule has 0 spiro atoms. The summed E-state index contributed by atoms with van der Waals surface area (Å²) >= 11 is 0. The van der Waals surface area contributed by atoms with Crippen LogP contribution in [0.3, 0.4) is 0 Å². The SMILES string of the molecule is C=C1C=C(C)N=C(C)N1c1ccc(-n2cccc2)c(F)c1. The molecule has 0 amide bonds. The van der Waals surface area contributed by atoms with E-state index < -0.39 is 0 Å². The Bertz CT molecular complexity index is 754. The minimum atomic E-state index is -0.282. The third-order valence-corrected chi connectivity index (χ3v) is 3.40. The minimum Gasteiger partial charge on any atom is -0.321 e. The van der Waals surface area contributed by atoms with Crippen molar-refractivity contribution in [1.82, 2.24) is 4.57 Å². The Kier molecular flexibility index (Phi) is 3.22. The molecule has 0 aliphatic carbocycles. The van der Waals surface area contributed by atoms with Gasteiger partial charge in [-0.1, -0.05) is 6.58 Å². The van der Waals surface area contributed by atoms with Crippen molar-refractivity contribution in [1.29, 1.82) is 0 Å². The molecule has 1 aliphatic rings. The fourth-order valence-corrected chi connectivity index (χ4v) is 2.54. The molecule has 2 heterocycles. The first-order valence-electron chi connectivity index (χ1n) is 6.72. The van der Waals surface area contributed by atoms with Gasteiger partial charge in [0.05, 0.1) is 11.4 Å². The molecule has 0 N–H and O–H groups in total. The van der Waals surface area contributed by atoms with E-state index >= 15 is 0 Å². The Balaban J connectivity index is 2.00. The number of rotatable bonds is 2. The molecule has 0 bridgehead atoms. The molecule has 0 saturated carbocycles. The number of halogens is 1. The molecule has 0 atom stereocenters. The fraction of sp³-hybridized carbons (Fsp3) is 0.118. The quantitative estimate of drug-likeness (QED) is 0.805. The van der Waals surface area contributed by atoms with Gasteiger partial charge < -0.3 is 4.57 Å². The maximum absolute atomic E-state index is 14.4. The average Bonchev–Trinajstić information content (AvgIpc) is 2.91. The van der Waals surface area contributed by atoms with Crippen LogP contribution >= 0.6 is 0 Å². The molecule has 0 fully saturated rings. The zero-order valence-electron chi connectivity index (χ0n) is 12.0. The van der Waals surface area contributed by atoms with Crippen LogP contribution in [0.2, 0.25) is 0 Å². The van der Waals surface area contributed by atoms with Crippen molar-refractivity contribution < 1.29 is 4.39 Å². The summed E-state index contributed by atoms with van der Waals surface area (Å²) in [6.45, 7) is 7.82. The third-order valence-electron chi connectivity index (χ3n) is 3.40. The van der Waals surface area contributed by atoms with Crippen LogP contribution in [0.5, 0.6) is 0 Å². The highest BCUT2D eigenvalue weighted by molar-refractivity contribution is 6.01. The first-order chi connectivity index (χ1) is 10.1. The molecule has 0 radical (unpaired) electrons. The second kappa shape index (κ2) is 5.05. The van der Waals surface area contributed by atoms with Gasteiger partial charge in [0.2, 0.25) is 0 Å². The lowest BCUT2D eigenvalue weighted by atomic mass is 10.2. The molecule has 1 aromatic heterocycles. The van der Waals surface area contributed by atoms with Crippen molar-refractivity contribution in [2.45, 2.75) is 13.8 Å². The van der Waals surface area contributed by atoms with Crippen LogP contribution in [0.15, 0.2) is 71.8 Å². The van der Waals surface area contributed by atoms with Crippen LogP contribution < -0.4 is 4.90 Å². The maximum atomic E-state index is 14.4. The Hall–Kier alpha value is -2.62. The molecular weight excluding hydrogens is 265 g/mol. The van der Waals surface area contributed by atoms with Gasteiger partial charge in [-0.2, -0.15) is 0 Å². The van der Waals surface area contributed by atoms with Crippen molar-refractivity contribution in [2.75, 3.05) is 4.90 Å². The van der Waals surface area contributed by atoms with Crippen molar-refractivity contribution in [3.05, 3.63) is 72.6 Å². The molecule has 1 aromatic carbocycles. The van der Waals surface area contributed by atoms with Gasteiger partial charge in [-0.15, -0.1) is 0 Å². The summed E-state index contributed by atoms with van der Waals surface area (Å²) in [6.07, 6.45) is 5.51. The number of nitrogens with zero attached hydrogens (tertiary/aromatic N) is 3. The van der Waals surface area contributed by atoms with Gasteiger partial charge in [0, 0.05) is 29.9 Å². The summed E-state index contributed by atoms with van der Waals surface area (Å²) in [5.74, 6) is 0.503. The Labute approximate surface area is 123 Å². The number of aliphatic imine (C=N–C) groups is 1. The van der Waals surface area contributed by atoms with E-state index in [1.54, 1.807) is 10.6 Å². The standard InChI is InChI=1S/C17H16FN3/c1-12-10-13(2)21(14(3)19-12)15-6-7-17(16(18)11-15)20-8-4-5-9-20/h4-11H,2H2,1,3H3. The molecule has 4 heteroatoms. The van der Waals surface area contributed by atoms with Crippen molar-refractivity contribution in [3.8, 4) is 5.69 Å². The van der Waals surface area contributed by atoms with Gasteiger partial charge >= 0.3 is 0 Å². The third kappa shape index (κ3) is 2.40. The van der Waals surface area contributed by atoms with Crippen LogP contribution in [0.1, 0.15) is 13.8 Å². The highest BCUT2D eigenvalue weighted by atomic mass is 19.1. The van der Waals surface area contributed by atoms with Gasteiger partial charge in [-0.3, -0.25) is 4.90 Å². The molecule has 1 aliphatic heterocycles. The van der Waals surface area contributed by atoms with Crippen molar-refractivity contribution >= 4 is 11.5 Å². The number of anilines is 1. The smallest absolute Gasteiger partial charge is 0.149 e. The van der Waals surface area contributed by atoms with Crippen LogP contribution in [-0.4, -0.2) is 10.4 Å². The first-order valence-corrected chi connectivity index (χ1v) is 6.72. The van der Waals surface area contributed by atoms with Crippen molar-refractivity contribution in [2.24, 2.45) is 4.99 Å². The lowest BCUT2D eigenvalue weighted by molar-refractivity contribution is 0.618. The van der Waals surface area contributed by atoms with Crippen LogP contribution in [-0.2, 0) is 0 Å². The summed E-state index contributed by atoms with van der Waals surface area (Å²) < 4.78 is 16.1. The lowest BCUT2D eigenvalue weighted by Gasteiger charge is -2.28.